The molecule has 0 saturated carbocycles. The first-order chi connectivity index (χ1) is 11.2. The Bertz CT molecular complexity index is 651. The number of piperazine rings is 1. The van der Waals surface area contributed by atoms with Gasteiger partial charge in [0.15, 0.2) is 0 Å². The summed E-state index contributed by atoms with van der Waals surface area (Å²) in [6.45, 7) is 1.78. The summed E-state index contributed by atoms with van der Waals surface area (Å²) in [5.74, 6) is 0.624. The number of hydrogen-bond acceptors (Lipinski definition) is 4. The maximum absolute atomic E-state index is 11.8. The van der Waals surface area contributed by atoms with Crippen molar-refractivity contribution in [2.24, 2.45) is 0 Å². The average Bonchev–Trinajstić information content (AvgIpc) is 2.61. The molecule has 1 unspecified atom stereocenters. The number of hydrogen-bond donors (Lipinski definition) is 2. The third-order valence-corrected chi connectivity index (χ3v) is 4.10. The van der Waals surface area contributed by atoms with Crippen LogP contribution in [-0.4, -0.2) is 47.3 Å². The quantitative estimate of drug-likeness (QED) is 0.902. The van der Waals surface area contributed by atoms with Crippen molar-refractivity contribution in [2.75, 3.05) is 26.2 Å². The molecule has 2 N–H and O–H groups in total. The topological polar surface area (TPSA) is 74.7 Å². The van der Waals surface area contributed by atoms with Gasteiger partial charge in [0.2, 0.25) is 0 Å². The number of amides is 1. The van der Waals surface area contributed by atoms with Gasteiger partial charge in [-0.15, -0.1) is 0 Å². The predicted octanol–water partition coefficient (Wildman–Crippen LogP) is 1.94. The summed E-state index contributed by atoms with van der Waals surface area (Å²) in [6.07, 6.45) is 2.36. The zero-order valence-electron chi connectivity index (χ0n) is 12.7. The lowest BCUT2D eigenvalue weighted by Crippen LogP contribution is -2.63. The number of nitrogens with zero attached hydrogens (tertiary/aromatic N) is 2. The number of carboxylic acid groups (broad SMARTS) is 1. The summed E-state index contributed by atoms with van der Waals surface area (Å²) in [5, 5.41) is 13.0. The molecule has 2 aromatic rings. The van der Waals surface area contributed by atoms with Gasteiger partial charge in [-0.05, 0) is 17.7 Å². The molecular weight excluding hydrogens is 294 g/mol. The van der Waals surface area contributed by atoms with Gasteiger partial charge in [-0.2, -0.15) is 0 Å². The molecule has 1 fully saturated rings. The molecule has 120 valence electrons. The molecule has 0 spiro atoms. The molecule has 1 atom stereocenters. The van der Waals surface area contributed by atoms with E-state index < -0.39 is 11.6 Å². The summed E-state index contributed by atoms with van der Waals surface area (Å²) in [4.78, 5) is 17.3. The van der Waals surface area contributed by atoms with E-state index >= 15 is 0 Å². The van der Waals surface area contributed by atoms with Crippen LogP contribution in [0, 0.1) is 0 Å². The van der Waals surface area contributed by atoms with E-state index in [1.54, 1.807) is 18.5 Å². The SMILES string of the molecule is O=C(O)N1CCNCC1(COc1cccnc1)c1ccccc1. The Morgan fingerprint density at radius 1 is 1.30 bits per heavy atom. The molecule has 1 aliphatic heterocycles. The fraction of sp³-hybridized carbons (Fsp3) is 0.294. The highest BCUT2D eigenvalue weighted by molar-refractivity contribution is 5.67. The van der Waals surface area contributed by atoms with Crippen molar-refractivity contribution >= 4 is 6.09 Å². The number of ether oxygens (including phenoxy) is 1. The monoisotopic (exact) mass is 313 g/mol. The zero-order valence-corrected chi connectivity index (χ0v) is 12.7. The second-order valence-electron chi connectivity index (χ2n) is 5.49. The van der Waals surface area contributed by atoms with E-state index in [0.29, 0.717) is 25.4 Å². The molecule has 6 nitrogen and oxygen atoms in total. The molecule has 1 amide bonds. The lowest BCUT2D eigenvalue weighted by atomic mass is 9.87. The number of aromatic nitrogens is 1. The van der Waals surface area contributed by atoms with Gasteiger partial charge in [0.05, 0.1) is 6.20 Å². The van der Waals surface area contributed by atoms with Crippen molar-refractivity contribution in [1.29, 1.82) is 0 Å². The molecule has 23 heavy (non-hydrogen) atoms. The van der Waals surface area contributed by atoms with E-state index in [-0.39, 0.29) is 6.61 Å². The minimum absolute atomic E-state index is 0.224. The summed E-state index contributed by atoms with van der Waals surface area (Å²) in [5.41, 5.74) is 0.153. The van der Waals surface area contributed by atoms with E-state index in [9.17, 15) is 9.90 Å². The van der Waals surface area contributed by atoms with Crippen LogP contribution in [0.3, 0.4) is 0 Å². The number of nitrogens with one attached hydrogen (secondary N) is 1. The molecule has 0 aliphatic carbocycles. The van der Waals surface area contributed by atoms with Gasteiger partial charge < -0.3 is 15.2 Å². The Kier molecular flexibility index (Phi) is 4.43. The van der Waals surface area contributed by atoms with Gasteiger partial charge >= 0.3 is 6.09 Å². The molecule has 1 aliphatic rings. The zero-order chi connectivity index (χ0) is 16.1. The highest BCUT2D eigenvalue weighted by atomic mass is 16.5. The molecule has 0 radical (unpaired) electrons. The molecule has 2 heterocycles. The van der Waals surface area contributed by atoms with Crippen molar-refractivity contribution < 1.29 is 14.6 Å². The Hall–Kier alpha value is -2.60. The van der Waals surface area contributed by atoms with Gasteiger partial charge in [0.25, 0.3) is 0 Å². The molecule has 3 rings (SSSR count). The Morgan fingerprint density at radius 3 is 2.83 bits per heavy atom. The van der Waals surface area contributed by atoms with Gasteiger partial charge in [-0.1, -0.05) is 30.3 Å². The van der Waals surface area contributed by atoms with Crippen molar-refractivity contribution in [3.05, 3.63) is 60.4 Å². The maximum Gasteiger partial charge on any atom is 0.408 e. The van der Waals surface area contributed by atoms with Crippen molar-refractivity contribution in [3.63, 3.8) is 0 Å². The number of carbonyl (C=O) groups is 1. The lowest BCUT2D eigenvalue weighted by Gasteiger charge is -2.45. The third-order valence-electron chi connectivity index (χ3n) is 4.10. The smallest absolute Gasteiger partial charge is 0.408 e. The summed E-state index contributed by atoms with van der Waals surface area (Å²) < 4.78 is 5.88. The first-order valence-electron chi connectivity index (χ1n) is 7.52. The van der Waals surface area contributed by atoms with E-state index in [1.165, 1.54) is 4.90 Å². The Morgan fingerprint density at radius 2 is 2.13 bits per heavy atom. The molecule has 1 saturated heterocycles. The van der Waals surface area contributed by atoms with Gasteiger partial charge in [0, 0.05) is 25.8 Å². The molecule has 1 aromatic carbocycles. The number of pyridine rings is 1. The first kappa shape index (κ1) is 15.3. The van der Waals surface area contributed by atoms with E-state index in [2.05, 4.69) is 10.3 Å². The molecular formula is C17H19N3O3. The van der Waals surface area contributed by atoms with Crippen LogP contribution in [0.5, 0.6) is 5.75 Å². The van der Waals surface area contributed by atoms with Crippen molar-refractivity contribution in [1.82, 2.24) is 15.2 Å². The van der Waals surface area contributed by atoms with Crippen LogP contribution in [0.15, 0.2) is 54.9 Å². The second-order valence-corrected chi connectivity index (χ2v) is 5.49. The van der Waals surface area contributed by atoms with Gasteiger partial charge in [0.1, 0.15) is 17.9 Å². The fourth-order valence-electron chi connectivity index (χ4n) is 2.93. The standard InChI is InChI=1S/C17H19N3O3/c21-16(22)20-10-9-19-12-17(20,14-5-2-1-3-6-14)13-23-15-7-4-8-18-11-15/h1-8,11,19H,9-10,12-13H2,(H,21,22). The van der Waals surface area contributed by atoms with Crippen LogP contribution in [0.2, 0.25) is 0 Å². The highest BCUT2D eigenvalue weighted by Crippen LogP contribution is 2.31. The van der Waals surface area contributed by atoms with Gasteiger partial charge in [-0.3, -0.25) is 9.88 Å². The number of benzene rings is 1. The lowest BCUT2D eigenvalue weighted by molar-refractivity contribution is 0.0218. The molecule has 6 heteroatoms. The predicted molar refractivity (Wildman–Crippen MR) is 85.5 cm³/mol. The summed E-state index contributed by atoms with van der Waals surface area (Å²) >= 11 is 0. The van der Waals surface area contributed by atoms with Crippen molar-refractivity contribution in [3.8, 4) is 5.75 Å². The van der Waals surface area contributed by atoms with Crippen LogP contribution in [0.4, 0.5) is 4.79 Å². The minimum atomic E-state index is -0.940. The van der Waals surface area contributed by atoms with Crippen LogP contribution in [0.1, 0.15) is 5.56 Å². The average molecular weight is 313 g/mol. The highest BCUT2D eigenvalue weighted by Gasteiger charge is 2.44. The third kappa shape index (κ3) is 3.12. The molecule has 1 aromatic heterocycles. The summed E-state index contributed by atoms with van der Waals surface area (Å²) in [7, 11) is 0. The maximum atomic E-state index is 11.8. The summed E-state index contributed by atoms with van der Waals surface area (Å²) in [6, 6.07) is 13.2. The Balaban J connectivity index is 1.94. The minimum Gasteiger partial charge on any atom is -0.489 e. The van der Waals surface area contributed by atoms with Crippen molar-refractivity contribution in [2.45, 2.75) is 5.54 Å². The van der Waals surface area contributed by atoms with E-state index in [1.807, 2.05) is 36.4 Å². The second kappa shape index (κ2) is 6.66. The van der Waals surface area contributed by atoms with Crippen LogP contribution >= 0.6 is 0 Å². The number of rotatable bonds is 4. The Labute approximate surface area is 134 Å². The fourth-order valence-corrected chi connectivity index (χ4v) is 2.93. The van der Waals surface area contributed by atoms with Crippen LogP contribution < -0.4 is 10.1 Å². The normalized spacial score (nSPS) is 21.0. The largest absolute Gasteiger partial charge is 0.489 e. The van der Waals surface area contributed by atoms with Gasteiger partial charge in [-0.25, -0.2) is 4.79 Å². The van der Waals surface area contributed by atoms with E-state index in [4.69, 9.17) is 4.74 Å². The van der Waals surface area contributed by atoms with Crippen LogP contribution in [-0.2, 0) is 5.54 Å². The molecule has 0 bridgehead atoms. The van der Waals surface area contributed by atoms with E-state index in [0.717, 1.165) is 5.56 Å². The first-order valence-corrected chi connectivity index (χ1v) is 7.52. The van der Waals surface area contributed by atoms with Crippen LogP contribution in [0.25, 0.3) is 0 Å².